The van der Waals surface area contributed by atoms with E-state index >= 15 is 0 Å². The van der Waals surface area contributed by atoms with Gasteiger partial charge in [0.2, 0.25) is 0 Å². The summed E-state index contributed by atoms with van der Waals surface area (Å²) in [5, 5.41) is 9.51. The van der Waals surface area contributed by atoms with E-state index in [9.17, 15) is 4.79 Å². The smallest absolute Gasteiger partial charge is 0.276 e. The molecule has 0 aliphatic heterocycles. The predicted octanol–water partition coefficient (Wildman–Crippen LogP) is 2.53. The van der Waals surface area contributed by atoms with E-state index in [1.54, 1.807) is 17.7 Å². The zero-order chi connectivity index (χ0) is 15.4. The third-order valence-electron chi connectivity index (χ3n) is 3.51. The van der Waals surface area contributed by atoms with E-state index in [2.05, 4.69) is 9.97 Å². The summed E-state index contributed by atoms with van der Waals surface area (Å²) in [4.78, 5) is 20.0. The number of carbonyl (C=O) groups is 1. The summed E-state index contributed by atoms with van der Waals surface area (Å²) in [5.74, 6) is -0.561. The molecule has 5 heteroatoms. The molecule has 0 saturated heterocycles. The van der Waals surface area contributed by atoms with Gasteiger partial charge in [0.1, 0.15) is 0 Å². The summed E-state index contributed by atoms with van der Waals surface area (Å²) in [6, 6.07) is 13.6. The lowest BCUT2D eigenvalue weighted by Gasteiger charge is -2.05. The Kier molecular flexibility index (Phi) is 4.07. The maximum atomic E-state index is 11.4. The number of hydrogen-bond acceptors (Lipinski definition) is 4. The number of nitrogens with zero attached hydrogens (tertiary/aromatic N) is 2. The molecule has 0 aliphatic carbocycles. The van der Waals surface area contributed by atoms with Crippen LogP contribution in [0, 0.1) is 0 Å². The Bertz CT molecular complexity index is 803. The zero-order valence-corrected chi connectivity index (χ0v) is 11.9. The van der Waals surface area contributed by atoms with E-state index in [-0.39, 0.29) is 0 Å². The second-order valence-electron chi connectivity index (χ2n) is 5.01. The number of aryl methyl sites for hydroxylation is 2. The first-order valence-electron chi connectivity index (χ1n) is 6.99. The van der Waals surface area contributed by atoms with Gasteiger partial charge >= 0.3 is 0 Å². The molecule has 0 unspecified atom stereocenters. The fourth-order valence-electron chi connectivity index (χ4n) is 2.33. The lowest BCUT2D eigenvalue weighted by atomic mass is 10.0. The molecule has 0 bridgehead atoms. The number of rotatable bonds is 4. The third kappa shape index (κ3) is 3.10. The predicted molar refractivity (Wildman–Crippen MR) is 82.6 cm³/mol. The quantitative estimate of drug-likeness (QED) is 0.572. The van der Waals surface area contributed by atoms with Crippen molar-refractivity contribution < 1.29 is 10.0 Å². The molecule has 5 nitrogen and oxygen atoms in total. The number of fused-ring (bicyclic) bond motifs is 1. The molecule has 2 aromatic heterocycles. The Labute approximate surface area is 127 Å². The Hall–Kier alpha value is -2.79. The maximum absolute atomic E-state index is 11.4. The van der Waals surface area contributed by atoms with Crippen molar-refractivity contribution in [2.75, 3.05) is 0 Å². The van der Waals surface area contributed by atoms with Crippen molar-refractivity contribution in [2.45, 2.75) is 12.8 Å². The van der Waals surface area contributed by atoms with Crippen LogP contribution in [-0.2, 0) is 12.8 Å². The van der Waals surface area contributed by atoms with E-state index in [1.807, 2.05) is 36.4 Å². The normalized spacial score (nSPS) is 10.6. The highest BCUT2D eigenvalue weighted by Gasteiger charge is 2.06. The van der Waals surface area contributed by atoms with Crippen molar-refractivity contribution in [3.63, 3.8) is 0 Å². The summed E-state index contributed by atoms with van der Waals surface area (Å²) in [7, 11) is 0. The molecule has 3 aromatic rings. The van der Waals surface area contributed by atoms with E-state index in [0.717, 1.165) is 29.4 Å². The second kappa shape index (κ2) is 6.32. The number of benzene rings is 1. The van der Waals surface area contributed by atoms with E-state index in [1.165, 1.54) is 11.8 Å². The summed E-state index contributed by atoms with van der Waals surface area (Å²) in [6.07, 6.45) is 5.01. The summed E-state index contributed by atoms with van der Waals surface area (Å²) >= 11 is 0. The third-order valence-corrected chi connectivity index (χ3v) is 3.51. The van der Waals surface area contributed by atoms with Gasteiger partial charge in [-0.1, -0.05) is 18.2 Å². The van der Waals surface area contributed by atoms with E-state index in [0.29, 0.717) is 5.56 Å². The highest BCUT2D eigenvalue weighted by Crippen LogP contribution is 2.16. The highest BCUT2D eigenvalue weighted by molar-refractivity contribution is 5.96. The van der Waals surface area contributed by atoms with Gasteiger partial charge in [-0.25, -0.2) is 5.48 Å². The Morgan fingerprint density at radius 1 is 1.09 bits per heavy atom. The van der Waals surface area contributed by atoms with Crippen LogP contribution in [0.15, 0.2) is 54.9 Å². The molecule has 2 heterocycles. The SMILES string of the molecule is O=C(NO)c1cnc2cc(CCc3ccccn3)ccc2c1. The van der Waals surface area contributed by atoms with Gasteiger partial charge in [0.05, 0.1) is 11.1 Å². The van der Waals surface area contributed by atoms with Gasteiger partial charge in [-0.05, 0) is 42.7 Å². The molecular weight excluding hydrogens is 278 g/mol. The molecule has 1 amide bonds. The standard InChI is InChI=1S/C17H15N3O2/c21-17(20-22)14-10-13-6-4-12(9-16(13)19-11-14)5-7-15-3-1-2-8-18-15/h1-4,6,8-11,22H,5,7H2,(H,20,21). The molecule has 0 saturated carbocycles. The fourth-order valence-corrected chi connectivity index (χ4v) is 2.33. The number of nitrogens with one attached hydrogen (secondary N) is 1. The van der Waals surface area contributed by atoms with Crippen LogP contribution in [0.4, 0.5) is 0 Å². The van der Waals surface area contributed by atoms with Gasteiger partial charge in [-0.2, -0.15) is 0 Å². The number of aromatic nitrogens is 2. The molecule has 22 heavy (non-hydrogen) atoms. The Morgan fingerprint density at radius 3 is 2.77 bits per heavy atom. The first kappa shape index (κ1) is 14.2. The molecule has 0 radical (unpaired) electrons. The van der Waals surface area contributed by atoms with Crippen molar-refractivity contribution >= 4 is 16.8 Å². The molecule has 0 atom stereocenters. The lowest BCUT2D eigenvalue weighted by molar-refractivity contribution is 0.0706. The van der Waals surface area contributed by atoms with Crippen LogP contribution >= 0.6 is 0 Å². The minimum Gasteiger partial charge on any atom is -0.288 e. The van der Waals surface area contributed by atoms with Crippen LogP contribution in [0.2, 0.25) is 0 Å². The Balaban J connectivity index is 1.80. The first-order valence-corrected chi connectivity index (χ1v) is 6.99. The van der Waals surface area contributed by atoms with Gasteiger partial charge in [-0.15, -0.1) is 0 Å². The molecule has 1 aromatic carbocycles. The monoisotopic (exact) mass is 293 g/mol. The van der Waals surface area contributed by atoms with Crippen molar-refractivity contribution in [3.8, 4) is 0 Å². The fraction of sp³-hybridized carbons (Fsp3) is 0.118. The van der Waals surface area contributed by atoms with Crippen molar-refractivity contribution in [1.29, 1.82) is 0 Å². The molecule has 3 rings (SSSR count). The van der Waals surface area contributed by atoms with E-state index in [4.69, 9.17) is 5.21 Å². The maximum Gasteiger partial charge on any atom is 0.276 e. The van der Waals surface area contributed by atoms with Crippen molar-refractivity contribution in [2.24, 2.45) is 0 Å². The largest absolute Gasteiger partial charge is 0.288 e. The minimum atomic E-state index is -0.561. The first-order chi connectivity index (χ1) is 10.8. The topological polar surface area (TPSA) is 75.1 Å². The average Bonchev–Trinajstić information content (AvgIpc) is 2.59. The number of hydroxylamine groups is 1. The van der Waals surface area contributed by atoms with Crippen molar-refractivity contribution in [3.05, 3.63) is 71.7 Å². The molecule has 0 spiro atoms. The number of carbonyl (C=O) groups excluding carboxylic acids is 1. The summed E-state index contributed by atoms with van der Waals surface area (Å²) in [5.41, 5.74) is 5.00. The molecule has 0 fully saturated rings. The lowest BCUT2D eigenvalue weighted by Crippen LogP contribution is -2.18. The van der Waals surface area contributed by atoms with Gasteiger partial charge in [0, 0.05) is 23.5 Å². The van der Waals surface area contributed by atoms with Gasteiger partial charge in [-0.3, -0.25) is 20.0 Å². The molecular formula is C17H15N3O2. The second-order valence-corrected chi connectivity index (χ2v) is 5.01. The number of hydrogen-bond donors (Lipinski definition) is 2. The molecule has 110 valence electrons. The molecule has 2 N–H and O–H groups in total. The van der Waals surface area contributed by atoms with Crippen LogP contribution in [0.1, 0.15) is 21.6 Å². The van der Waals surface area contributed by atoms with Crippen LogP contribution in [0.5, 0.6) is 0 Å². The van der Waals surface area contributed by atoms with Gasteiger partial charge < -0.3 is 0 Å². The van der Waals surface area contributed by atoms with Crippen LogP contribution in [-0.4, -0.2) is 21.1 Å². The van der Waals surface area contributed by atoms with Crippen LogP contribution < -0.4 is 5.48 Å². The van der Waals surface area contributed by atoms with Crippen molar-refractivity contribution in [1.82, 2.24) is 15.4 Å². The van der Waals surface area contributed by atoms with E-state index < -0.39 is 5.91 Å². The van der Waals surface area contributed by atoms with Crippen LogP contribution in [0.25, 0.3) is 10.9 Å². The molecule has 0 aliphatic rings. The summed E-state index contributed by atoms with van der Waals surface area (Å²) < 4.78 is 0. The van der Waals surface area contributed by atoms with Crippen LogP contribution in [0.3, 0.4) is 0 Å². The number of amides is 1. The summed E-state index contributed by atoms with van der Waals surface area (Å²) in [6.45, 7) is 0. The number of pyridine rings is 2. The average molecular weight is 293 g/mol. The zero-order valence-electron chi connectivity index (χ0n) is 11.9. The minimum absolute atomic E-state index is 0.330. The van der Waals surface area contributed by atoms with Gasteiger partial charge in [0.15, 0.2) is 0 Å². The highest BCUT2D eigenvalue weighted by atomic mass is 16.5. The Morgan fingerprint density at radius 2 is 2.00 bits per heavy atom. The van der Waals surface area contributed by atoms with Gasteiger partial charge in [0.25, 0.3) is 5.91 Å².